The lowest BCUT2D eigenvalue weighted by Gasteiger charge is -2.37. The molecule has 3 heterocycles. The van der Waals surface area contributed by atoms with E-state index in [1.807, 2.05) is 79.1 Å². The third-order valence-corrected chi connectivity index (χ3v) is 8.30. The maximum atomic E-state index is 13.4. The first kappa shape index (κ1) is 33.4. The molecule has 2 N–H and O–H groups in total. The quantitative estimate of drug-likeness (QED) is 0.265. The summed E-state index contributed by atoms with van der Waals surface area (Å²) in [6.07, 6.45) is -0.710. The van der Waals surface area contributed by atoms with Crippen molar-refractivity contribution in [1.82, 2.24) is 19.8 Å². The summed E-state index contributed by atoms with van der Waals surface area (Å²) < 4.78 is 13.0. The summed E-state index contributed by atoms with van der Waals surface area (Å²) in [4.78, 5) is 22.7. The number of ether oxygens (including phenoxy) is 2. The maximum absolute atomic E-state index is 13.4. The molecule has 0 spiro atoms. The van der Waals surface area contributed by atoms with E-state index in [4.69, 9.17) is 26.1 Å². The van der Waals surface area contributed by atoms with E-state index >= 15 is 0 Å². The molecule has 234 valence electrons. The van der Waals surface area contributed by atoms with Crippen molar-refractivity contribution < 1.29 is 19.4 Å². The number of rotatable bonds is 8. The molecule has 4 aromatic rings. The van der Waals surface area contributed by atoms with Crippen LogP contribution in [0.5, 0.6) is 11.5 Å². The number of fused-ring (bicyclic) bond motifs is 1. The van der Waals surface area contributed by atoms with Gasteiger partial charge in [-0.3, -0.25) is 14.3 Å². The molecule has 1 amide bonds. The fourth-order valence-corrected chi connectivity index (χ4v) is 5.77. The van der Waals surface area contributed by atoms with Crippen molar-refractivity contribution in [3.8, 4) is 28.6 Å². The first-order valence-electron chi connectivity index (χ1n) is 14.1. The average molecular weight is 661 g/mol. The number of carbonyl (C=O) groups excluding carboxylic acids is 1. The van der Waals surface area contributed by atoms with Crippen molar-refractivity contribution >= 4 is 48.0 Å². The third-order valence-electron chi connectivity index (χ3n) is 7.89. The van der Waals surface area contributed by atoms with Gasteiger partial charge in [-0.05, 0) is 43.7 Å². The lowest BCUT2D eigenvalue weighted by Crippen LogP contribution is -2.50. The van der Waals surface area contributed by atoms with E-state index in [2.05, 4.69) is 21.2 Å². The van der Waals surface area contributed by atoms with Crippen LogP contribution < -0.4 is 19.7 Å². The number of aliphatic hydroxyl groups is 1. The Morgan fingerprint density at radius 1 is 0.977 bits per heavy atom. The van der Waals surface area contributed by atoms with E-state index < -0.39 is 6.10 Å². The van der Waals surface area contributed by atoms with Crippen LogP contribution in [0.1, 0.15) is 21.7 Å². The Balaban J connectivity index is 0.00000221. The van der Waals surface area contributed by atoms with Gasteiger partial charge in [-0.1, -0.05) is 48.0 Å². The summed E-state index contributed by atoms with van der Waals surface area (Å²) in [6, 6.07) is 21.4. The van der Waals surface area contributed by atoms with Gasteiger partial charge in [0.15, 0.2) is 11.5 Å². The summed E-state index contributed by atoms with van der Waals surface area (Å²) in [7, 11) is 0. The lowest BCUT2D eigenvalue weighted by atomic mass is 10.1. The number of β-amino-alcohol motifs (C(OH)–C–C–N with tert-alkyl or cyclic N) is 1. The third kappa shape index (κ3) is 6.92. The van der Waals surface area contributed by atoms with Crippen LogP contribution in [-0.2, 0) is 0 Å². The van der Waals surface area contributed by atoms with Crippen molar-refractivity contribution in [3.05, 3.63) is 88.7 Å². The molecule has 44 heavy (non-hydrogen) atoms. The number of nitrogens with zero attached hydrogens (tertiary/aromatic N) is 4. The molecule has 9 nitrogen and oxygen atoms in total. The fraction of sp³-hybridized carbons (Fsp3) is 0.312. The predicted octanol–water partition coefficient (Wildman–Crippen LogP) is 5.29. The maximum Gasteiger partial charge on any atom is 0.271 e. The van der Waals surface area contributed by atoms with Gasteiger partial charge >= 0.3 is 0 Å². The molecular formula is C32H36Cl3N5O4. The van der Waals surface area contributed by atoms with Gasteiger partial charge in [-0.2, -0.15) is 0 Å². The Bertz CT molecular complexity index is 1590. The highest BCUT2D eigenvalue weighted by molar-refractivity contribution is 6.31. The van der Waals surface area contributed by atoms with E-state index in [0.29, 0.717) is 35.3 Å². The SMILES string of the molecule is Cc1c(Cl)cccc1N1CCN(CC(O)CNC(=O)c2nc(-c3ccccc3)n(-c3ccc4c(c3)OCO4)c2C)CC1.Cl.Cl. The van der Waals surface area contributed by atoms with Crippen molar-refractivity contribution in [2.24, 2.45) is 0 Å². The number of benzene rings is 3. The molecule has 2 aliphatic heterocycles. The Hall–Kier alpha value is -3.47. The molecule has 0 radical (unpaired) electrons. The molecule has 1 atom stereocenters. The number of amides is 1. The van der Waals surface area contributed by atoms with Gasteiger partial charge in [0.2, 0.25) is 6.79 Å². The number of aromatic nitrogens is 2. The second kappa shape index (κ2) is 14.5. The van der Waals surface area contributed by atoms with E-state index in [9.17, 15) is 9.90 Å². The number of nitrogens with one attached hydrogen (secondary N) is 1. The number of imidazole rings is 1. The van der Waals surface area contributed by atoms with E-state index in [1.165, 1.54) is 0 Å². The molecule has 0 saturated carbocycles. The highest BCUT2D eigenvalue weighted by atomic mass is 35.5. The van der Waals surface area contributed by atoms with Crippen LogP contribution in [-0.4, -0.2) is 77.6 Å². The molecule has 0 aliphatic carbocycles. The van der Waals surface area contributed by atoms with Gasteiger partial charge in [-0.25, -0.2) is 4.98 Å². The first-order chi connectivity index (χ1) is 20.4. The summed E-state index contributed by atoms with van der Waals surface area (Å²) in [5.41, 5.74) is 4.93. The van der Waals surface area contributed by atoms with Crippen LogP contribution in [0.2, 0.25) is 5.02 Å². The summed E-state index contributed by atoms with van der Waals surface area (Å²) in [5, 5.41) is 14.5. The number of hydrogen-bond donors (Lipinski definition) is 2. The second-order valence-electron chi connectivity index (χ2n) is 10.6. The molecule has 0 bridgehead atoms. The molecular weight excluding hydrogens is 625 g/mol. The Kier molecular flexibility index (Phi) is 11.0. The number of piperazine rings is 1. The highest BCUT2D eigenvalue weighted by Gasteiger charge is 2.25. The largest absolute Gasteiger partial charge is 0.454 e. The van der Waals surface area contributed by atoms with Gasteiger partial charge in [0, 0.05) is 61.6 Å². The molecule has 3 aromatic carbocycles. The van der Waals surface area contributed by atoms with Crippen molar-refractivity contribution in [2.75, 3.05) is 51.0 Å². The van der Waals surface area contributed by atoms with Crippen LogP contribution in [0.4, 0.5) is 5.69 Å². The monoisotopic (exact) mass is 659 g/mol. The van der Waals surface area contributed by atoms with E-state index in [0.717, 1.165) is 53.7 Å². The predicted molar refractivity (Wildman–Crippen MR) is 178 cm³/mol. The van der Waals surface area contributed by atoms with Crippen LogP contribution in [0.15, 0.2) is 66.7 Å². The topological polar surface area (TPSA) is 92.1 Å². The van der Waals surface area contributed by atoms with Gasteiger partial charge in [-0.15, -0.1) is 24.8 Å². The lowest BCUT2D eigenvalue weighted by molar-refractivity contribution is 0.0847. The molecule has 12 heteroatoms. The second-order valence-corrected chi connectivity index (χ2v) is 11.1. The number of aliphatic hydroxyl groups excluding tert-OH is 1. The zero-order valence-electron chi connectivity index (χ0n) is 24.5. The first-order valence-corrected chi connectivity index (χ1v) is 14.5. The summed E-state index contributed by atoms with van der Waals surface area (Å²) >= 11 is 6.32. The molecule has 6 rings (SSSR count). The Morgan fingerprint density at radius 2 is 1.70 bits per heavy atom. The average Bonchev–Trinajstić information content (AvgIpc) is 3.62. The van der Waals surface area contributed by atoms with Gasteiger partial charge in [0.25, 0.3) is 5.91 Å². The van der Waals surface area contributed by atoms with Crippen molar-refractivity contribution in [1.29, 1.82) is 0 Å². The highest BCUT2D eigenvalue weighted by Crippen LogP contribution is 2.36. The molecule has 1 fully saturated rings. The van der Waals surface area contributed by atoms with E-state index in [1.54, 1.807) is 0 Å². The summed E-state index contributed by atoms with van der Waals surface area (Å²) in [5.74, 6) is 1.65. The van der Waals surface area contributed by atoms with Crippen LogP contribution in [0.3, 0.4) is 0 Å². The molecule has 1 aromatic heterocycles. The standard InChI is InChI=1S/C32H34ClN5O4.2ClH/c1-21-26(33)9-6-10-27(21)37-15-13-36(14-16-37)19-25(39)18-34-32(40)30-22(2)38(31(35-30)23-7-4-3-5-8-23)24-11-12-28-29(17-24)42-20-41-28;;/h3-12,17,25,39H,13-16,18-20H2,1-2H3,(H,34,40);2*1H. The van der Waals surface area contributed by atoms with Crippen LogP contribution >= 0.6 is 36.4 Å². The number of hydrogen-bond acceptors (Lipinski definition) is 7. The van der Waals surface area contributed by atoms with Crippen LogP contribution in [0.25, 0.3) is 17.1 Å². The fourth-order valence-electron chi connectivity index (χ4n) is 5.60. The van der Waals surface area contributed by atoms with Crippen LogP contribution in [0, 0.1) is 13.8 Å². The van der Waals surface area contributed by atoms with Crippen molar-refractivity contribution in [3.63, 3.8) is 0 Å². The van der Waals surface area contributed by atoms with Crippen molar-refractivity contribution in [2.45, 2.75) is 20.0 Å². The molecule has 1 unspecified atom stereocenters. The number of anilines is 1. The zero-order chi connectivity index (χ0) is 29.2. The van der Waals surface area contributed by atoms with E-state index in [-0.39, 0.29) is 44.1 Å². The van der Waals surface area contributed by atoms with Gasteiger partial charge in [0.1, 0.15) is 11.5 Å². The number of carbonyl (C=O) groups is 1. The zero-order valence-corrected chi connectivity index (χ0v) is 26.9. The summed E-state index contributed by atoms with van der Waals surface area (Å²) in [6.45, 7) is 8.02. The Morgan fingerprint density at radius 3 is 2.45 bits per heavy atom. The van der Waals surface area contributed by atoms with Gasteiger partial charge < -0.3 is 24.8 Å². The molecule has 2 aliphatic rings. The smallest absolute Gasteiger partial charge is 0.271 e. The number of halogens is 3. The minimum atomic E-state index is -0.710. The Labute approximate surface area is 274 Å². The molecule has 1 saturated heterocycles. The minimum Gasteiger partial charge on any atom is -0.454 e. The normalized spacial score (nSPS) is 14.9. The van der Waals surface area contributed by atoms with Gasteiger partial charge in [0.05, 0.1) is 17.5 Å². The minimum absolute atomic E-state index is 0.